The van der Waals surface area contributed by atoms with Crippen LogP contribution in [0.4, 0.5) is 0 Å². The van der Waals surface area contributed by atoms with Crippen LogP contribution in [0.5, 0.6) is 5.75 Å². The lowest BCUT2D eigenvalue weighted by molar-refractivity contribution is -0.123. The van der Waals surface area contributed by atoms with Crippen LogP contribution < -0.4 is 15.6 Å². The van der Waals surface area contributed by atoms with Gasteiger partial charge in [-0.2, -0.15) is 10.2 Å². The van der Waals surface area contributed by atoms with Gasteiger partial charge in [0, 0.05) is 11.1 Å². The second-order valence-electron chi connectivity index (χ2n) is 6.55. The van der Waals surface area contributed by atoms with Gasteiger partial charge in [0.15, 0.2) is 6.61 Å². The molecule has 0 radical (unpaired) electrons. The van der Waals surface area contributed by atoms with E-state index in [0.29, 0.717) is 31.2 Å². The van der Waals surface area contributed by atoms with Gasteiger partial charge in [-0.3, -0.25) is 9.59 Å². The van der Waals surface area contributed by atoms with E-state index < -0.39 is 18.4 Å². The van der Waals surface area contributed by atoms with Crippen molar-refractivity contribution in [1.82, 2.24) is 10.9 Å². The molecule has 3 rings (SSSR count). The molecule has 174 valence electrons. The number of rotatable bonds is 8. The second-order valence-corrected chi connectivity index (χ2v) is 8.18. The lowest BCUT2D eigenvalue weighted by atomic mass is 10.2. The number of hydrogen-bond donors (Lipinski definition) is 2. The highest BCUT2D eigenvalue weighted by atomic mass is 35.5. The number of hydrogen-bond acceptors (Lipinski definition) is 5. The molecule has 0 saturated heterocycles. The summed E-state index contributed by atoms with van der Waals surface area (Å²) in [6, 6.07) is 16.4. The number of nitrogens with one attached hydrogen (secondary N) is 2. The Kier molecular flexibility index (Phi) is 9.30. The van der Waals surface area contributed by atoms with E-state index in [2.05, 4.69) is 21.1 Å². The van der Waals surface area contributed by atoms with Gasteiger partial charge in [0.2, 0.25) is 0 Å². The predicted molar refractivity (Wildman–Crippen MR) is 136 cm³/mol. The fourth-order valence-electron chi connectivity index (χ4n) is 2.61. The largest absolute Gasteiger partial charge is 0.483 e. The molecule has 0 aliphatic carbocycles. The first kappa shape index (κ1) is 25.5. The monoisotopic (exact) mass is 536 g/mol. The fraction of sp³-hybridized carbons (Fsp3) is 0.0435. The van der Waals surface area contributed by atoms with Gasteiger partial charge in [0.05, 0.1) is 38.1 Å². The van der Waals surface area contributed by atoms with Crippen molar-refractivity contribution in [3.05, 3.63) is 97.4 Å². The molecule has 3 aromatic carbocycles. The maximum Gasteiger partial charge on any atom is 0.277 e. The van der Waals surface area contributed by atoms with E-state index in [4.69, 9.17) is 51.1 Å². The number of carbonyl (C=O) groups is 2. The number of nitrogens with zero attached hydrogens (tertiary/aromatic N) is 2. The summed E-state index contributed by atoms with van der Waals surface area (Å²) in [6.45, 7) is -0.392. The van der Waals surface area contributed by atoms with Crippen molar-refractivity contribution in [2.75, 3.05) is 6.61 Å². The minimum absolute atomic E-state index is 0.170. The summed E-state index contributed by atoms with van der Waals surface area (Å²) >= 11 is 24.2. The van der Waals surface area contributed by atoms with Crippen LogP contribution in [0.1, 0.15) is 21.5 Å². The molecule has 2 amide bonds. The molecule has 0 spiro atoms. The molecule has 0 atom stereocenters. The van der Waals surface area contributed by atoms with Crippen molar-refractivity contribution in [3.63, 3.8) is 0 Å². The first-order chi connectivity index (χ1) is 16.4. The number of para-hydroxylation sites is 1. The number of amides is 2. The zero-order valence-corrected chi connectivity index (χ0v) is 20.3. The summed E-state index contributed by atoms with van der Waals surface area (Å²) in [5, 5.41) is 9.27. The van der Waals surface area contributed by atoms with Crippen LogP contribution in [-0.2, 0) is 4.79 Å². The number of hydrazone groups is 2. The van der Waals surface area contributed by atoms with Crippen molar-refractivity contribution >= 4 is 70.6 Å². The van der Waals surface area contributed by atoms with Crippen LogP contribution >= 0.6 is 46.4 Å². The average molecular weight is 538 g/mol. The molecule has 0 bridgehead atoms. The molecule has 11 heteroatoms. The van der Waals surface area contributed by atoms with Crippen LogP contribution in [0.3, 0.4) is 0 Å². The zero-order chi connectivity index (χ0) is 24.5. The van der Waals surface area contributed by atoms with Gasteiger partial charge in [0.25, 0.3) is 11.8 Å². The minimum Gasteiger partial charge on any atom is -0.483 e. The molecular weight excluding hydrogens is 522 g/mol. The summed E-state index contributed by atoms with van der Waals surface area (Å²) in [4.78, 5) is 24.6. The molecule has 3 aromatic rings. The Hall–Kier alpha value is -3.10. The third-order valence-electron chi connectivity index (χ3n) is 4.23. The van der Waals surface area contributed by atoms with Crippen molar-refractivity contribution < 1.29 is 14.3 Å². The Labute approximate surface area is 215 Å². The van der Waals surface area contributed by atoms with Gasteiger partial charge >= 0.3 is 0 Å². The Morgan fingerprint density at radius 1 is 0.735 bits per heavy atom. The Morgan fingerprint density at radius 3 is 1.79 bits per heavy atom. The highest BCUT2D eigenvalue weighted by Gasteiger charge is 2.13. The molecule has 34 heavy (non-hydrogen) atoms. The molecule has 0 aliphatic rings. The van der Waals surface area contributed by atoms with Crippen LogP contribution in [0, 0.1) is 0 Å². The quantitative estimate of drug-likeness (QED) is 0.289. The van der Waals surface area contributed by atoms with Crippen molar-refractivity contribution in [3.8, 4) is 5.75 Å². The van der Waals surface area contributed by atoms with Crippen LogP contribution in [0.2, 0.25) is 20.1 Å². The summed E-state index contributed by atoms with van der Waals surface area (Å²) in [7, 11) is 0. The van der Waals surface area contributed by atoms with Gasteiger partial charge in [0.1, 0.15) is 5.75 Å². The van der Waals surface area contributed by atoms with Gasteiger partial charge in [-0.05, 0) is 36.4 Å². The normalized spacial score (nSPS) is 11.1. The molecule has 0 aliphatic heterocycles. The number of carbonyl (C=O) groups excluding carboxylic acids is 2. The zero-order valence-electron chi connectivity index (χ0n) is 17.3. The topological polar surface area (TPSA) is 92.2 Å². The van der Waals surface area contributed by atoms with Crippen molar-refractivity contribution in [2.24, 2.45) is 10.2 Å². The third kappa shape index (κ3) is 6.95. The van der Waals surface area contributed by atoms with Crippen molar-refractivity contribution in [2.45, 2.75) is 0 Å². The Morgan fingerprint density at radius 2 is 1.24 bits per heavy atom. The van der Waals surface area contributed by atoms with Crippen molar-refractivity contribution in [1.29, 1.82) is 0 Å². The minimum atomic E-state index is -0.555. The smallest absolute Gasteiger partial charge is 0.277 e. The van der Waals surface area contributed by atoms with Gasteiger partial charge < -0.3 is 4.74 Å². The van der Waals surface area contributed by atoms with Gasteiger partial charge in [-0.1, -0.05) is 70.7 Å². The number of halogens is 4. The fourth-order valence-corrected chi connectivity index (χ4v) is 3.60. The van der Waals surface area contributed by atoms with Gasteiger partial charge in [-0.15, -0.1) is 0 Å². The summed E-state index contributed by atoms with van der Waals surface area (Å²) < 4.78 is 5.48. The molecule has 0 unspecified atom stereocenters. The Balaban J connectivity index is 1.58. The highest BCUT2D eigenvalue weighted by Crippen LogP contribution is 2.23. The standard InChI is InChI=1S/C23H16Cl4N4O3/c24-17-6-3-7-18(25)15(17)11-28-30-22(32)13-34-21-10-2-1-5-14(21)23(33)31-29-12-16-19(26)8-4-9-20(16)27/h1-12H,13H2,(H,30,32)(H,31,33)/b28-11+,29-12+. The first-order valence-electron chi connectivity index (χ1n) is 9.62. The molecular formula is C23H16Cl4N4O3. The van der Waals surface area contributed by atoms with Crippen LogP contribution in [0.15, 0.2) is 70.9 Å². The second kappa shape index (κ2) is 12.4. The van der Waals surface area contributed by atoms with E-state index in [9.17, 15) is 9.59 Å². The lowest BCUT2D eigenvalue weighted by Crippen LogP contribution is -2.26. The van der Waals surface area contributed by atoms with E-state index >= 15 is 0 Å². The van der Waals surface area contributed by atoms with E-state index in [1.165, 1.54) is 18.5 Å². The molecule has 7 nitrogen and oxygen atoms in total. The van der Waals surface area contributed by atoms with Crippen LogP contribution in [-0.4, -0.2) is 30.9 Å². The molecule has 0 aromatic heterocycles. The SMILES string of the molecule is O=C(COc1ccccc1C(=O)N/N=C/c1c(Cl)cccc1Cl)N/N=C/c1c(Cl)cccc1Cl. The van der Waals surface area contributed by atoms with E-state index in [0.717, 1.165) is 0 Å². The lowest BCUT2D eigenvalue weighted by Gasteiger charge is -2.09. The number of benzene rings is 3. The molecule has 2 N–H and O–H groups in total. The first-order valence-corrected chi connectivity index (χ1v) is 11.1. The van der Waals surface area contributed by atoms with Gasteiger partial charge in [-0.25, -0.2) is 10.9 Å². The average Bonchev–Trinajstić information content (AvgIpc) is 2.81. The van der Waals surface area contributed by atoms with Crippen LogP contribution in [0.25, 0.3) is 0 Å². The maximum absolute atomic E-state index is 12.5. The molecule has 0 fully saturated rings. The summed E-state index contributed by atoms with van der Waals surface area (Å²) in [5.41, 5.74) is 5.78. The summed E-state index contributed by atoms with van der Waals surface area (Å²) in [5.74, 6) is -0.929. The van der Waals surface area contributed by atoms with E-state index in [1.54, 1.807) is 54.6 Å². The third-order valence-corrected chi connectivity index (χ3v) is 5.55. The predicted octanol–water partition coefficient (Wildman–Crippen LogP) is 5.59. The van der Waals surface area contributed by atoms with E-state index in [1.807, 2.05) is 0 Å². The summed E-state index contributed by atoms with van der Waals surface area (Å²) in [6.07, 6.45) is 2.66. The number of ether oxygens (including phenoxy) is 1. The highest BCUT2D eigenvalue weighted by molar-refractivity contribution is 6.39. The Bertz CT molecular complexity index is 1220. The molecule has 0 saturated carbocycles. The molecule has 0 heterocycles. The van der Waals surface area contributed by atoms with E-state index in [-0.39, 0.29) is 11.3 Å². The maximum atomic E-state index is 12.5.